The molecule has 0 radical (unpaired) electrons. The molecule has 2 aromatic heterocycles. The number of anilines is 1. The Bertz CT molecular complexity index is 1270. The summed E-state index contributed by atoms with van der Waals surface area (Å²) in [5, 5.41) is 0.982. The monoisotopic (exact) mass is 425 g/mol. The summed E-state index contributed by atoms with van der Waals surface area (Å²) in [5.74, 6) is -1.38. The number of para-hydroxylation sites is 1. The third-order valence-corrected chi connectivity index (χ3v) is 6.07. The fourth-order valence-electron chi connectivity index (χ4n) is 4.42. The molecule has 4 aromatic rings. The van der Waals surface area contributed by atoms with Crippen molar-refractivity contribution in [2.45, 2.75) is 31.6 Å². The Morgan fingerprint density at radius 2 is 1.90 bits per heavy atom. The summed E-state index contributed by atoms with van der Waals surface area (Å²) in [7, 11) is 0. The fraction of sp³-hybridized carbons (Fsp3) is 0.304. The molecule has 5 nitrogen and oxygen atoms in total. The number of halogens is 3. The molecule has 0 amide bonds. The third-order valence-electron chi connectivity index (χ3n) is 6.07. The van der Waals surface area contributed by atoms with Crippen molar-refractivity contribution in [1.82, 2.24) is 14.5 Å². The molecule has 31 heavy (non-hydrogen) atoms. The van der Waals surface area contributed by atoms with Gasteiger partial charge in [-0.15, -0.1) is 0 Å². The molecule has 1 aliphatic rings. The van der Waals surface area contributed by atoms with Crippen LogP contribution in [0.5, 0.6) is 0 Å². The van der Waals surface area contributed by atoms with Gasteiger partial charge in [0, 0.05) is 42.4 Å². The number of benzene rings is 2. The predicted molar refractivity (Wildman–Crippen MR) is 115 cm³/mol. The summed E-state index contributed by atoms with van der Waals surface area (Å²) in [4.78, 5) is 11.0. The summed E-state index contributed by atoms with van der Waals surface area (Å²) in [6.07, 6.45) is 0.923. The Kier molecular flexibility index (Phi) is 4.81. The number of fused-ring (bicyclic) bond motifs is 2. The van der Waals surface area contributed by atoms with Gasteiger partial charge in [0.15, 0.2) is 11.6 Å². The van der Waals surface area contributed by atoms with Gasteiger partial charge in [-0.3, -0.25) is 4.98 Å². The largest absolute Gasteiger partial charge is 0.340 e. The van der Waals surface area contributed by atoms with E-state index in [2.05, 4.69) is 9.97 Å². The van der Waals surface area contributed by atoms with Crippen molar-refractivity contribution in [3.8, 4) is 0 Å². The van der Waals surface area contributed by atoms with Crippen molar-refractivity contribution in [2.24, 2.45) is 5.73 Å². The Morgan fingerprint density at radius 3 is 2.71 bits per heavy atom. The van der Waals surface area contributed by atoms with Crippen LogP contribution in [0.2, 0.25) is 0 Å². The van der Waals surface area contributed by atoms with E-state index in [0.717, 1.165) is 28.6 Å². The van der Waals surface area contributed by atoms with Crippen LogP contribution < -0.4 is 10.6 Å². The van der Waals surface area contributed by atoms with Gasteiger partial charge in [0.1, 0.15) is 6.17 Å². The van der Waals surface area contributed by atoms with Crippen molar-refractivity contribution in [1.29, 1.82) is 0 Å². The molecule has 0 spiro atoms. The predicted octanol–water partition coefficient (Wildman–Crippen LogP) is 4.35. The van der Waals surface area contributed by atoms with Crippen LogP contribution in [0.25, 0.3) is 21.9 Å². The van der Waals surface area contributed by atoms with Gasteiger partial charge < -0.3 is 15.2 Å². The van der Waals surface area contributed by atoms with Crippen LogP contribution >= 0.6 is 0 Å². The molecule has 3 heterocycles. The molecule has 3 atom stereocenters. The first-order chi connectivity index (χ1) is 14.9. The highest BCUT2D eigenvalue weighted by Gasteiger charge is 2.31. The molecule has 0 bridgehead atoms. The second kappa shape index (κ2) is 7.53. The lowest BCUT2D eigenvalue weighted by molar-refractivity contribution is 0.243. The summed E-state index contributed by atoms with van der Waals surface area (Å²) in [6, 6.07) is 11.1. The lowest BCUT2D eigenvalue weighted by Gasteiger charge is -2.35. The maximum Gasteiger partial charge on any atom is 0.207 e. The van der Waals surface area contributed by atoms with Crippen molar-refractivity contribution in [3.05, 3.63) is 65.9 Å². The number of nitrogens with zero attached hydrogens (tertiary/aromatic N) is 4. The lowest BCUT2D eigenvalue weighted by Crippen LogP contribution is -2.50. The Hall–Kier alpha value is -3.13. The molecule has 5 rings (SSSR count). The first-order valence-electron chi connectivity index (χ1n) is 10.3. The molecular formula is C23H22F3N5. The van der Waals surface area contributed by atoms with Gasteiger partial charge >= 0.3 is 0 Å². The van der Waals surface area contributed by atoms with Gasteiger partial charge in [-0.25, -0.2) is 18.2 Å². The average Bonchev–Trinajstić information content (AvgIpc) is 3.13. The van der Waals surface area contributed by atoms with E-state index >= 15 is 0 Å². The van der Waals surface area contributed by atoms with Crippen molar-refractivity contribution in [2.75, 3.05) is 18.0 Å². The number of nitrogens with two attached hydrogens (primary N) is 1. The SMILES string of the molecule is C[C@@H](c1cccc2cccnc12)n1c(N2CC[C@@H](F)[C@H](N)C2)nc2cc(F)c(F)cc21. The average molecular weight is 425 g/mol. The molecule has 160 valence electrons. The highest BCUT2D eigenvalue weighted by molar-refractivity contribution is 5.84. The van der Waals surface area contributed by atoms with Crippen molar-refractivity contribution in [3.63, 3.8) is 0 Å². The normalized spacial score (nSPS) is 20.5. The number of hydrogen-bond acceptors (Lipinski definition) is 4. The van der Waals surface area contributed by atoms with Gasteiger partial charge in [-0.05, 0) is 19.4 Å². The molecule has 1 aliphatic heterocycles. The van der Waals surface area contributed by atoms with Crippen LogP contribution in [0.15, 0.2) is 48.7 Å². The van der Waals surface area contributed by atoms with Gasteiger partial charge in [0.25, 0.3) is 0 Å². The van der Waals surface area contributed by atoms with E-state index < -0.39 is 23.8 Å². The first-order valence-corrected chi connectivity index (χ1v) is 10.3. The maximum atomic E-state index is 14.2. The van der Waals surface area contributed by atoms with Gasteiger partial charge in [-0.2, -0.15) is 0 Å². The summed E-state index contributed by atoms with van der Waals surface area (Å²) >= 11 is 0. The Labute approximate surface area is 177 Å². The molecule has 0 aliphatic carbocycles. The van der Waals surface area contributed by atoms with Gasteiger partial charge in [-0.1, -0.05) is 24.3 Å². The van der Waals surface area contributed by atoms with Crippen LogP contribution in [0.4, 0.5) is 19.1 Å². The van der Waals surface area contributed by atoms with Gasteiger partial charge in [0.05, 0.1) is 28.6 Å². The number of alkyl halides is 1. The minimum Gasteiger partial charge on any atom is -0.340 e. The zero-order valence-corrected chi connectivity index (χ0v) is 17.0. The number of imidazole rings is 1. The number of piperidine rings is 1. The van der Waals surface area contributed by atoms with Crippen molar-refractivity contribution < 1.29 is 13.2 Å². The zero-order chi connectivity index (χ0) is 21.7. The molecule has 1 fully saturated rings. The number of pyridine rings is 1. The number of rotatable bonds is 3. The number of hydrogen-bond donors (Lipinski definition) is 1. The number of aromatic nitrogens is 3. The Morgan fingerprint density at radius 1 is 1.13 bits per heavy atom. The second-order valence-corrected chi connectivity index (χ2v) is 8.05. The zero-order valence-electron chi connectivity index (χ0n) is 17.0. The quantitative estimate of drug-likeness (QED) is 0.530. The van der Waals surface area contributed by atoms with E-state index in [0.29, 0.717) is 23.5 Å². The second-order valence-electron chi connectivity index (χ2n) is 8.05. The highest BCUT2D eigenvalue weighted by Crippen LogP contribution is 2.35. The van der Waals surface area contributed by atoms with Crippen LogP contribution in [0.3, 0.4) is 0 Å². The molecule has 8 heteroatoms. The van der Waals surface area contributed by atoms with E-state index in [1.807, 2.05) is 46.7 Å². The molecule has 0 saturated carbocycles. The van der Waals surface area contributed by atoms with E-state index in [4.69, 9.17) is 5.73 Å². The van der Waals surface area contributed by atoms with Crippen LogP contribution in [-0.2, 0) is 0 Å². The third kappa shape index (κ3) is 3.31. The van der Waals surface area contributed by atoms with E-state index in [1.165, 1.54) is 0 Å². The smallest absolute Gasteiger partial charge is 0.207 e. The minimum absolute atomic E-state index is 0.274. The van der Waals surface area contributed by atoms with E-state index in [9.17, 15) is 13.2 Å². The maximum absolute atomic E-state index is 14.2. The summed E-state index contributed by atoms with van der Waals surface area (Å²) in [6.45, 7) is 2.66. The van der Waals surface area contributed by atoms with E-state index in [1.54, 1.807) is 6.20 Å². The Balaban J connectivity index is 1.71. The molecule has 2 aromatic carbocycles. The molecule has 2 N–H and O–H groups in total. The standard InChI is InChI=1S/C23H22F3N5/c1-13(15-6-2-4-14-5-3-8-28-22(14)15)31-21-11-18(26)17(25)10-20(21)29-23(31)30-9-7-16(24)19(27)12-30/h2-6,8,10-11,13,16,19H,7,9,12,27H2,1H3/t13-,16+,19+/m0/s1. The van der Waals surface area contributed by atoms with Crippen molar-refractivity contribution >= 4 is 27.9 Å². The highest BCUT2D eigenvalue weighted by atomic mass is 19.2. The van der Waals surface area contributed by atoms with Gasteiger partial charge in [0.2, 0.25) is 5.95 Å². The lowest BCUT2D eigenvalue weighted by atomic mass is 10.0. The summed E-state index contributed by atoms with van der Waals surface area (Å²) < 4.78 is 44.0. The fourth-order valence-corrected chi connectivity index (χ4v) is 4.42. The van der Waals surface area contributed by atoms with E-state index in [-0.39, 0.29) is 19.0 Å². The summed E-state index contributed by atoms with van der Waals surface area (Å²) in [5.41, 5.74) is 8.53. The molecule has 1 saturated heterocycles. The van der Waals surface area contributed by atoms with Crippen LogP contribution in [0.1, 0.15) is 24.9 Å². The minimum atomic E-state index is -1.08. The molecular weight excluding hydrogens is 403 g/mol. The topological polar surface area (TPSA) is 60.0 Å². The first kappa shape index (κ1) is 19.8. The van der Waals surface area contributed by atoms with Crippen LogP contribution in [0, 0.1) is 11.6 Å². The molecule has 0 unspecified atom stereocenters. The van der Waals surface area contributed by atoms with Crippen LogP contribution in [-0.4, -0.2) is 39.8 Å².